The zero-order valence-electron chi connectivity index (χ0n) is 12.9. The van der Waals surface area contributed by atoms with E-state index in [9.17, 15) is 9.59 Å². The first kappa shape index (κ1) is 17.0. The van der Waals surface area contributed by atoms with Crippen molar-refractivity contribution in [1.29, 1.82) is 0 Å². The van der Waals surface area contributed by atoms with E-state index in [0.29, 0.717) is 32.6 Å². The van der Waals surface area contributed by atoms with Crippen molar-refractivity contribution in [2.75, 3.05) is 19.8 Å². The molecule has 7 nitrogen and oxygen atoms in total. The monoisotopic (exact) mass is 328 g/mol. The molecule has 1 heterocycles. The normalized spacial score (nSPS) is 20.1. The fraction of sp³-hybridized carbons (Fsp3) is 0.786. The topological polar surface area (TPSA) is 82.7 Å². The number of nitrogens with one attached hydrogen (secondary N) is 3. The Balaban J connectivity index is 1.80. The van der Waals surface area contributed by atoms with E-state index < -0.39 is 11.6 Å². The molecule has 0 unspecified atom stereocenters. The number of amides is 3. The highest BCUT2D eigenvalue weighted by atomic mass is 32.1. The van der Waals surface area contributed by atoms with Crippen LogP contribution in [0.25, 0.3) is 0 Å². The van der Waals surface area contributed by atoms with Crippen molar-refractivity contribution in [1.82, 2.24) is 21.1 Å². The van der Waals surface area contributed by atoms with Crippen LogP contribution in [-0.4, -0.2) is 47.4 Å². The van der Waals surface area contributed by atoms with Crippen LogP contribution in [0.15, 0.2) is 0 Å². The number of hydrazine groups is 1. The Morgan fingerprint density at radius 1 is 1.36 bits per heavy atom. The van der Waals surface area contributed by atoms with Crippen molar-refractivity contribution in [3.8, 4) is 0 Å². The van der Waals surface area contributed by atoms with Gasteiger partial charge < -0.3 is 15.4 Å². The van der Waals surface area contributed by atoms with E-state index in [1.54, 1.807) is 0 Å². The summed E-state index contributed by atoms with van der Waals surface area (Å²) in [6.07, 6.45) is 5.23. The number of thiocarbonyl (C=S) groups is 1. The fourth-order valence-electron chi connectivity index (χ4n) is 2.88. The number of rotatable bonds is 6. The molecule has 1 spiro atoms. The predicted octanol–water partition coefficient (Wildman–Crippen LogP) is 1.05. The lowest BCUT2D eigenvalue weighted by Crippen LogP contribution is -2.53. The number of hydrogen-bond acceptors (Lipinski definition) is 4. The van der Waals surface area contributed by atoms with E-state index in [1.165, 1.54) is 0 Å². The van der Waals surface area contributed by atoms with Crippen LogP contribution in [0.4, 0.5) is 4.79 Å². The second-order valence-electron chi connectivity index (χ2n) is 5.63. The molecule has 1 aliphatic carbocycles. The lowest BCUT2D eigenvalue weighted by atomic mass is 9.82. The maximum atomic E-state index is 12.5. The molecule has 3 amide bonds. The molecule has 0 aromatic rings. The second-order valence-corrected chi connectivity index (χ2v) is 6.04. The minimum atomic E-state index is -0.729. The van der Waals surface area contributed by atoms with Gasteiger partial charge in [-0.25, -0.2) is 4.79 Å². The number of urea groups is 1. The summed E-state index contributed by atoms with van der Waals surface area (Å²) in [7, 11) is 0. The molecule has 124 valence electrons. The van der Waals surface area contributed by atoms with Gasteiger partial charge in [0.05, 0.1) is 0 Å². The molecule has 0 radical (unpaired) electrons. The lowest BCUT2D eigenvalue weighted by molar-refractivity contribution is -0.133. The molecule has 0 aromatic carbocycles. The Kier molecular flexibility index (Phi) is 5.96. The predicted molar refractivity (Wildman–Crippen MR) is 86.0 cm³/mol. The Bertz CT molecular complexity index is 438. The number of carbonyl (C=O) groups is 2. The Morgan fingerprint density at radius 2 is 2.09 bits per heavy atom. The van der Waals surface area contributed by atoms with Gasteiger partial charge in [0, 0.05) is 19.8 Å². The Hall–Kier alpha value is -1.41. The van der Waals surface area contributed by atoms with Crippen LogP contribution in [0, 0.1) is 0 Å². The third kappa shape index (κ3) is 3.86. The first-order valence-corrected chi connectivity index (χ1v) is 8.29. The van der Waals surface area contributed by atoms with Gasteiger partial charge in [0.15, 0.2) is 5.11 Å². The van der Waals surface area contributed by atoms with Crippen LogP contribution < -0.4 is 16.1 Å². The van der Waals surface area contributed by atoms with Crippen LogP contribution in [-0.2, 0) is 9.53 Å². The zero-order chi connectivity index (χ0) is 16.0. The number of carbonyl (C=O) groups excluding carboxylic acids is 2. The van der Waals surface area contributed by atoms with Crippen LogP contribution >= 0.6 is 12.2 Å². The van der Waals surface area contributed by atoms with Crippen LogP contribution in [0.5, 0.6) is 0 Å². The molecule has 2 rings (SSSR count). The quantitative estimate of drug-likeness (QED) is 0.384. The van der Waals surface area contributed by atoms with Gasteiger partial charge in [0.1, 0.15) is 5.54 Å². The second kappa shape index (κ2) is 7.73. The van der Waals surface area contributed by atoms with Gasteiger partial charge >= 0.3 is 6.03 Å². The summed E-state index contributed by atoms with van der Waals surface area (Å²) in [5.74, 6) is -0.226. The standard InChI is InChI=1S/C14H24N4O3S/c1-2-21-10-6-9-15-12(22)17-18-11(19)14(16-13(18)20)7-4-3-5-8-14/h2-10H2,1H3,(H,16,20)(H2,15,17,22). The molecule has 22 heavy (non-hydrogen) atoms. The van der Waals surface area contributed by atoms with Gasteiger partial charge in [-0.1, -0.05) is 19.3 Å². The molecular formula is C14H24N4O3S. The van der Waals surface area contributed by atoms with E-state index in [0.717, 1.165) is 30.7 Å². The van der Waals surface area contributed by atoms with Crippen molar-refractivity contribution in [2.45, 2.75) is 51.0 Å². The van der Waals surface area contributed by atoms with Gasteiger partial charge in [0.2, 0.25) is 0 Å². The maximum absolute atomic E-state index is 12.5. The zero-order valence-corrected chi connectivity index (χ0v) is 13.8. The van der Waals surface area contributed by atoms with E-state index >= 15 is 0 Å². The van der Waals surface area contributed by atoms with Crippen LogP contribution in [0.2, 0.25) is 0 Å². The molecule has 8 heteroatoms. The van der Waals surface area contributed by atoms with E-state index in [-0.39, 0.29) is 11.0 Å². The fourth-order valence-corrected chi connectivity index (χ4v) is 3.07. The smallest absolute Gasteiger partial charge is 0.344 e. The first-order chi connectivity index (χ1) is 10.6. The van der Waals surface area contributed by atoms with Gasteiger partial charge in [-0.2, -0.15) is 5.01 Å². The van der Waals surface area contributed by atoms with Gasteiger partial charge in [0.25, 0.3) is 5.91 Å². The van der Waals surface area contributed by atoms with Crippen molar-refractivity contribution in [2.24, 2.45) is 0 Å². The molecule has 2 fully saturated rings. The molecule has 0 bridgehead atoms. The molecule has 1 aliphatic heterocycles. The SMILES string of the molecule is CCOCCCNC(=S)NN1C(=O)NC2(CCCCC2)C1=O. The lowest BCUT2D eigenvalue weighted by Gasteiger charge is -2.30. The third-order valence-corrected chi connectivity index (χ3v) is 4.27. The van der Waals surface area contributed by atoms with Gasteiger partial charge in [-0.15, -0.1) is 0 Å². The van der Waals surface area contributed by atoms with E-state index in [4.69, 9.17) is 17.0 Å². The Labute approximate surface area is 136 Å². The molecule has 0 aromatic heterocycles. The molecule has 3 N–H and O–H groups in total. The van der Waals surface area contributed by atoms with Crippen molar-refractivity contribution in [3.05, 3.63) is 0 Å². The highest BCUT2D eigenvalue weighted by Gasteiger charge is 2.51. The van der Waals surface area contributed by atoms with Crippen LogP contribution in [0.1, 0.15) is 45.4 Å². The van der Waals surface area contributed by atoms with Gasteiger partial charge in [-0.3, -0.25) is 10.2 Å². The maximum Gasteiger partial charge on any atom is 0.344 e. The average Bonchev–Trinajstić information content (AvgIpc) is 2.72. The summed E-state index contributed by atoms with van der Waals surface area (Å²) in [6.45, 7) is 3.91. The minimum absolute atomic E-state index is 0.226. The largest absolute Gasteiger partial charge is 0.382 e. The van der Waals surface area contributed by atoms with Crippen LogP contribution in [0.3, 0.4) is 0 Å². The number of imide groups is 1. The molecule has 1 saturated heterocycles. The number of hydrogen-bond donors (Lipinski definition) is 3. The summed E-state index contributed by atoms with van der Waals surface area (Å²) in [5.41, 5.74) is 1.96. The summed E-state index contributed by atoms with van der Waals surface area (Å²) in [4.78, 5) is 24.5. The van der Waals surface area contributed by atoms with Crippen molar-refractivity contribution < 1.29 is 14.3 Å². The molecule has 1 saturated carbocycles. The van der Waals surface area contributed by atoms with Crippen molar-refractivity contribution >= 4 is 29.3 Å². The molecular weight excluding hydrogens is 304 g/mol. The number of ether oxygens (including phenoxy) is 1. The highest BCUT2D eigenvalue weighted by molar-refractivity contribution is 7.80. The third-order valence-electron chi connectivity index (χ3n) is 4.04. The average molecular weight is 328 g/mol. The summed E-state index contributed by atoms with van der Waals surface area (Å²) < 4.78 is 5.23. The summed E-state index contributed by atoms with van der Waals surface area (Å²) in [5, 5.41) is 7.07. The number of nitrogens with zero attached hydrogens (tertiary/aromatic N) is 1. The van der Waals surface area contributed by atoms with Gasteiger partial charge in [-0.05, 0) is 38.4 Å². The van der Waals surface area contributed by atoms with Crippen molar-refractivity contribution in [3.63, 3.8) is 0 Å². The molecule has 0 atom stereocenters. The summed E-state index contributed by atoms with van der Waals surface area (Å²) in [6, 6.07) is -0.426. The minimum Gasteiger partial charge on any atom is -0.382 e. The van der Waals surface area contributed by atoms with E-state index in [1.807, 2.05) is 6.92 Å². The van der Waals surface area contributed by atoms with E-state index in [2.05, 4.69) is 16.1 Å². The Morgan fingerprint density at radius 3 is 2.77 bits per heavy atom. The highest BCUT2D eigenvalue weighted by Crippen LogP contribution is 2.32. The first-order valence-electron chi connectivity index (χ1n) is 7.88. The molecule has 2 aliphatic rings. The summed E-state index contributed by atoms with van der Waals surface area (Å²) >= 11 is 5.13.